The number of rotatable bonds is 5. The molecule has 0 fully saturated rings. The number of carbonyl (C=O) groups excluding carboxylic acids is 1. The zero-order valence-corrected chi connectivity index (χ0v) is 8.99. The number of carbonyl (C=O) groups is 1. The molecule has 0 unspecified atom stereocenters. The van der Waals surface area contributed by atoms with Gasteiger partial charge in [0.2, 0.25) is 0 Å². The maximum absolute atomic E-state index is 10.8. The lowest BCUT2D eigenvalue weighted by Gasteiger charge is -2.07. The van der Waals surface area contributed by atoms with Crippen LogP contribution >= 0.6 is 0 Å². The molecular weight excluding hydrogens is 192 g/mol. The third-order valence-electron chi connectivity index (χ3n) is 2.37. The summed E-state index contributed by atoms with van der Waals surface area (Å²) < 4.78 is 6.80. The molecule has 0 amide bonds. The van der Waals surface area contributed by atoms with Gasteiger partial charge in [-0.3, -0.25) is 4.79 Å². The van der Waals surface area contributed by atoms with Crippen LogP contribution in [0.3, 0.4) is 0 Å². The average Bonchev–Trinajstić information content (AvgIpc) is 2.56. The molecule has 0 atom stereocenters. The molecular formula is C11H14N2O2. The van der Waals surface area contributed by atoms with Crippen LogP contribution in [0.2, 0.25) is 0 Å². The monoisotopic (exact) mass is 206 g/mol. The Balaban J connectivity index is 2.89. The van der Waals surface area contributed by atoms with Gasteiger partial charge in [-0.05, 0) is 19.4 Å². The highest BCUT2D eigenvalue weighted by Gasteiger charge is 2.10. The van der Waals surface area contributed by atoms with Gasteiger partial charge in [0.25, 0.3) is 0 Å². The van der Waals surface area contributed by atoms with E-state index in [1.54, 1.807) is 13.2 Å². The van der Waals surface area contributed by atoms with Crippen molar-refractivity contribution in [3.63, 3.8) is 0 Å². The first-order valence-electron chi connectivity index (χ1n) is 4.79. The normalized spacial score (nSPS) is 9.93. The molecule has 1 rings (SSSR count). The smallest absolute Gasteiger partial charge is 0.166 e. The van der Waals surface area contributed by atoms with E-state index in [1.807, 2.05) is 11.5 Å². The van der Waals surface area contributed by atoms with Gasteiger partial charge in [0.15, 0.2) is 6.29 Å². The molecule has 80 valence electrons. The van der Waals surface area contributed by atoms with Crippen LogP contribution < -0.4 is 0 Å². The molecule has 4 nitrogen and oxygen atoms in total. The van der Waals surface area contributed by atoms with Crippen molar-refractivity contribution in [2.75, 3.05) is 13.7 Å². The Morgan fingerprint density at radius 1 is 1.67 bits per heavy atom. The molecule has 0 spiro atoms. The van der Waals surface area contributed by atoms with Crippen molar-refractivity contribution < 1.29 is 9.53 Å². The molecule has 1 aromatic rings. The minimum Gasteiger partial charge on any atom is -0.385 e. The molecule has 0 aromatic carbocycles. The summed E-state index contributed by atoms with van der Waals surface area (Å²) in [6.45, 7) is 3.20. The van der Waals surface area contributed by atoms with E-state index in [0.717, 1.165) is 18.4 Å². The van der Waals surface area contributed by atoms with Crippen molar-refractivity contribution in [3.05, 3.63) is 23.0 Å². The largest absolute Gasteiger partial charge is 0.385 e. The Bertz CT molecular complexity index is 388. The fourth-order valence-corrected chi connectivity index (χ4v) is 1.54. The van der Waals surface area contributed by atoms with Crippen LogP contribution in [0.15, 0.2) is 6.07 Å². The highest BCUT2D eigenvalue weighted by molar-refractivity contribution is 5.74. The summed E-state index contributed by atoms with van der Waals surface area (Å²) in [5.74, 6) is 0. The van der Waals surface area contributed by atoms with E-state index in [-0.39, 0.29) is 0 Å². The highest BCUT2D eigenvalue weighted by Crippen LogP contribution is 2.13. The maximum atomic E-state index is 10.8. The molecule has 0 bridgehead atoms. The second-order valence-corrected chi connectivity index (χ2v) is 3.30. The van der Waals surface area contributed by atoms with Crippen LogP contribution in [-0.2, 0) is 11.3 Å². The minimum atomic E-state index is 0.556. The number of hydrogen-bond donors (Lipinski definition) is 0. The standard InChI is InChI=1S/C11H14N2O2/c1-9-10(7-12)6-11(8-14)13(9)4-3-5-15-2/h6,8H,3-5H2,1-2H3. The summed E-state index contributed by atoms with van der Waals surface area (Å²) >= 11 is 0. The molecule has 15 heavy (non-hydrogen) atoms. The second kappa shape index (κ2) is 5.32. The zero-order chi connectivity index (χ0) is 11.3. The lowest BCUT2D eigenvalue weighted by molar-refractivity contribution is 0.111. The van der Waals surface area contributed by atoms with Crippen molar-refractivity contribution in [1.29, 1.82) is 5.26 Å². The molecule has 0 saturated carbocycles. The first kappa shape index (κ1) is 11.5. The van der Waals surface area contributed by atoms with E-state index in [1.165, 1.54) is 0 Å². The van der Waals surface area contributed by atoms with Gasteiger partial charge < -0.3 is 9.30 Å². The third-order valence-corrected chi connectivity index (χ3v) is 2.37. The minimum absolute atomic E-state index is 0.556. The molecule has 0 aliphatic heterocycles. The van der Waals surface area contributed by atoms with Gasteiger partial charge in [0.1, 0.15) is 6.07 Å². The highest BCUT2D eigenvalue weighted by atomic mass is 16.5. The van der Waals surface area contributed by atoms with Gasteiger partial charge in [0, 0.05) is 26.0 Å². The Hall–Kier alpha value is -1.60. The number of nitriles is 1. The van der Waals surface area contributed by atoms with E-state index < -0.39 is 0 Å². The zero-order valence-electron chi connectivity index (χ0n) is 8.99. The van der Waals surface area contributed by atoms with Crippen LogP contribution in [0.4, 0.5) is 0 Å². The molecule has 1 heterocycles. The fraction of sp³-hybridized carbons (Fsp3) is 0.455. The van der Waals surface area contributed by atoms with Gasteiger partial charge in [-0.25, -0.2) is 0 Å². The number of methoxy groups -OCH3 is 1. The van der Waals surface area contributed by atoms with E-state index in [9.17, 15) is 4.79 Å². The van der Waals surface area contributed by atoms with Gasteiger partial charge in [-0.2, -0.15) is 5.26 Å². The molecule has 0 N–H and O–H groups in total. The summed E-state index contributed by atoms with van der Waals surface area (Å²) in [7, 11) is 1.64. The third kappa shape index (κ3) is 2.45. The van der Waals surface area contributed by atoms with Gasteiger partial charge in [0.05, 0.1) is 11.3 Å². The van der Waals surface area contributed by atoms with Crippen molar-refractivity contribution in [2.45, 2.75) is 19.9 Å². The summed E-state index contributed by atoms with van der Waals surface area (Å²) in [5, 5.41) is 8.82. The summed E-state index contributed by atoms with van der Waals surface area (Å²) in [6, 6.07) is 3.69. The molecule has 0 aliphatic rings. The fourth-order valence-electron chi connectivity index (χ4n) is 1.54. The molecule has 0 saturated heterocycles. The summed E-state index contributed by atoms with van der Waals surface area (Å²) in [4.78, 5) is 10.8. The lowest BCUT2D eigenvalue weighted by Crippen LogP contribution is -2.06. The van der Waals surface area contributed by atoms with Crippen molar-refractivity contribution in [1.82, 2.24) is 4.57 Å². The quantitative estimate of drug-likeness (QED) is 0.542. The van der Waals surface area contributed by atoms with Crippen LogP contribution in [0.1, 0.15) is 28.2 Å². The predicted octanol–water partition coefficient (Wildman–Crippen LogP) is 1.52. The number of aromatic nitrogens is 1. The number of hydrogen-bond acceptors (Lipinski definition) is 3. The average molecular weight is 206 g/mol. The Morgan fingerprint density at radius 3 is 2.93 bits per heavy atom. The van der Waals surface area contributed by atoms with E-state index in [4.69, 9.17) is 10.00 Å². The van der Waals surface area contributed by atoms with Gasteiger partial charge >= 0.3 is 0 Å². The molecule has 0 radical (unpaired) electrons. The Morgan fingerprint density at radius 2 is 2.40 bits per heavy atom. The first-order valence-corrected chi connectivity index (χ1v) is 4.79. The van der Waals surface area contributed by atoms with Crippen LogP contribution in [0.5, 0.6) is 0 Å². The molecule has 0 aliphatic carbocycles. The van der Waals surface area contributed by atoms with Crippen LogP contribution in [0, 0.1) is 18.3 Å². The van der Waals surface area contributed by atoms with E-state index in [0.29, 0.717) is 24.4 Å². The molecule has 1 aromatic heterocycles. The Kier molecular flexibility index (Phi) is 4.07. The molecule has 4 heteroatoms. The number of ether oxygens (including phenoxy) is 1. The van der Waals surface area contributed by atoms with Crippen LogP contribution in [-0.4, -0.2) is 24.6 Å². The van der Waals surface area contributed by atoms with E-state index in [2.05, 4.69) is 6.07 Å². The van der Waals surface area contributed by atoms with Gasteiger partial charge in [-0.1, -0.05) is 0 Å². The second-order valence-electron chi connectivity index (χ2n) is 3.30. The van der Waals surface area contributed by atoms with Crippen molar-refractivity contribution >= 4 is 6.29 Å². The van der Waals surface area contributed by atoms with E-state index >= 15 is 0 Å². The number of nitrogens with zero attached hydrogens (tertiary/aromatic N) is 2. The summed E-state index contributed by atoms with van der Waals surface area (Å²) in [5.41, 5.74) is 1.96. The van der Waals surface area contributed by atoms with Crippen molar-refractivity contribution in [2.24, 2.45) is 0 Å². The summed E-state index contributed by atoms with van der Waals surface area (Å²) in [6.07, 6.45) is 1.61. The lowest BCUT2D eigenvalue weighted by atomic mass is 10.3. The van der Waals surface area contributed by atoms with Crippen molar-refractivity contribution in [3.8, 4) is 6.07 Å². The predicted molar refractivity (Wildman–Crippen MR) is 55.8 cm³/mol. The number of aldehydes is 1. The van der Waals surface area contributed by atoms with Gasteiger partial charge in [-0.15, -0.1) is 0 Å². The topological polar surface area (TPSA) is 55.0 Å². The first-order chi connectivity index (χ1) is 7.24. The maximum Gasteiger partial charge on any atom is 0.166 e. The van der Waals surface area contributed by atoms with Crippen LogP contribution in [0.25, 0.3) is 0 Å². The SMILES string of the molecule is COCCCn1c(C=O)cc(C#N)c1C. The Labute approximate surface area is 89.1 Å².